The van der Waals surface area contributed by atoms with Crippen LogP contribution in [-0.4, -0.2) is 121 Å². The van der Waals surface area contributed by atoms with Crippen LogP contribution in [-0.2, 0) is 41.4 Å². The van der Waals surface area contributed by atoms with Gasteiger partial charge in [-0.2, -0.15) is 0 Å². The first kappa shape index (κ1) is 67.5. The molecule has 0 aliphatic heterocycles. The molecule has 0 unspecified atom stereocenters. The Hall–Kier alpha value is 0.508. The van der Waals surface area contributed by atoms with Crippen LogP contribution in [0.2, 0.25) is 72.5 Å². The average Bonchev–Trinajstić information content (AvgIpc) is 3.09. The van der Waals surface area contributed by atoms with Crippen LogP contribution in [0.15, 0.2) is 0 Å². The molecule has 0 aromatic carbocycles. The molecule has 404 valence electrons. The lowest BCUT2D eigenvalue weighted by Crippen LogP contribution is -2.49. The van der Waals surface area contributed by atoms with E-state index in [1.54, 1.807) is 0 Å². The van der Waals surface area contributed by atoms with Crippen LogP contribution in [0.4, 0.5) is 0 Å². The van der Waals surface area contributed by atoms with E-state index in [1.807, 2.05) is 0 Å². The standard InChI is InChI=1S/C54H118O9Si4/c1-43(2)31-34-55-46(41-58-51(15,16)32-35-56-53(19,20)44(37-60-64(23,24)47(3,4)5)38-61-65(25,26)48(6,7)8)42-59-52(17,18)33-36-57-54(21,22)45(39-62-66(27,28)49(9,10)11)40-63-67(29,30)50(12,13)14/h43-46H,31-42H2,1-30H3. The van der Waals surface area contributed by atoms with E-state index < -0.39 is 55.7 Å². The van der Waals surface area contributed by atoms with Crippen molar-refractivity contribution in [2.24, 2.45) is 17.8 Å². The summed E-state index contributed by atoms with van der Waals surface area (Å²) in [5, 5.41) is 0.493. The van der Waals surface area contributed by atoms with Gasteiger partial charge in [0.15, 0.2) is 33.3 Å². The zero-order valence-electron chi connectivity index (χ0n) is 50.5. The molecule has 0 saturated carbocycles. The first-order valence-corrected chi connectivity index (χ1v) is 37.9. The molecule has 0 amide bonds. The fourth-order valence-electron chi connectivity index (χ4n) is 5.75. The molecule has 0 aliphatic rings. The van der Waals surface area contributed by atoms with Crippen LogP contribution in [0.1, 0.15) is 172 Å². The second kappa shape index (κ2) is 25.6. The third-order valence-electron chi connectivity index (χ3n) is 16.5. The molecule has 0 aromatic heterocycles. The molecular weight excluding hydrogens is 905 g/mol. The molecular formula is C54H118O9Si4. The van der Waals surface area contributed by atoms with Crippen molar-refractivity contribution in [3.8, 4) is 0 Å². The largest absolute Gasteiger partial charge is 0.416 e. The third kappa shape index (κ3) is 24.4. The minimum Gasteiger partial charge on any atom is -0.416 e. The summed E-state index contributed by atoms with van der Waals surface area (Å²) < 4.78 is 60.7. The van der Waals surface area contributed by atoms with E-state index in [2.05, 4.69) is 205 Å². The van der Waals surface area contributed by atoms with Crippen LogP contribution in [0, 0.1) is 17.8 Å². The number of hydrogen-bond acceptors (Lipinski definition) is 9. The fourth-order valence-corrected chi connectivity index (χ4v) is 9.96. The van der Waals surface area contributed by atoms with Crippen molar-refractivity contribution in [3.05, 3.63) is 0 Å². The lowest BCUT2D eigenvalue weighted by atomic mass is 9.92. The first-order chi connectivity index (χ1) is 29.5. The molecule has 0 bridgehead atoms. The monoisotopic (exact) mass is 1020 g/mol. The van der Waals surface area contributed by atoms with E-state index in [4.69, 9.17) is 41.4 Å². The molecule has 0 fully saturated rings. The van der Waals surface area contributed by atoms with Gasteiger partial charge in [0.2, 0.25) is 0 Å². The highest BCUT2D eigenvalue weighted by Gasteiger charge is 2.45. The number of rotatable bonds is 32. The Morgan fingerprint density at radius 1 is 0.343 bits per heavy atom. The van der Waals surface area contributed by atoms with Gasteiger partial charge in [-0.25, -0.2) is 0 Å². The SMILES string of the molecule is CC(C)CCOC(COC(C)(C)CCOC(C)(C)C(CO[Si](C)(C)C(C)(C)C)CO[Si](C)(C)C(C)(C)C)COC(C)(C)CCOC(C)(C)C(CO[Si](C)(C)C(C)(C)C)CO[Si](C)(C)C(C)(C)C. The van der Waals surface area contributed by atoms with Gasteiger partial charge in [-0.05, 0) is 153 Å². The number of hydrogen-bond donors (Lipinski definition) is 0. The highest BCUT2D eigenvalue weighted by Crippen LogP contribution is 2.42. The quantitative estimate of drug-likeness (QED) is 0.0612. The molecule has 0 N–H and O–H groups in total. The Bertz CT molecular complexity index is 1240. The van der Waals surface area contributed by atoms with Gasteiger partial charge in [0.25, 0.3) is 0 Å². The molecule has 0 atom stereocenters. The van der Waals surface area contributed by atoms with Crippen molar-refractivity contribution >= 4 is 33.3 Å². The van der Waals surface area contributed by atoms with Gasteiger partial charge in [0.1, 0.15) is 6.10 Å². The summed E-state index contributed by atoms with van der Waals surface area (Å²) in [6.45, 7) is 73.1. The first-order valence-electron chi connectivity index (χ1n) is 26.3. The fraction of sp³-hybridized carbons (Fsp3) is 1.00. The highest BCUT2D eigenvalue weighted by atomic mass is 28.4. The molecule has 0 heterocycles. The van der Waals surface area contributed by atoms with Gasteiger partial charge in [-0.15, -0.1) is 0 Å². The van der Waals surface area contributed by atoms with E-state index in [0.717, 1.165) is 19.3 Å². The summed E-state index contributed by atoms with van der Waals surface area (Å²) in [6.07, 6.45) is 2.24. The Labute approximate surface area is 422 Å². The van der Waals surface area contributed by atoms with Crippen molar-refractivity contribution in [1.29, 1.82) is 0 Å². The number of ether oxygens (including phenoxy) is 5. The molecule has 0 radical (unpaired) electrons. The molecule has 0 spiro atoms. The Morgan fingerprint density at radius 3 is 0.821 bits per heavy atom. The Balaban J connectivity index is 5.87. The van der Waals surface area contributed by atoms with Crippen molar-refractivity contribution in [3.63, 3.8) is 0 Å². The predicted molar refractivity (Wildman–Crippen MR) is 298 cm³/mol. The van der Waals surface area contributed by atoms with Crippen molar-refractivity contribution in [2.75, 3.05) is 59.5 Å². The minimum absolute atomic E-state index is 0.0830. The van der Waals surface area contributed by atoms with Gasteiger partial charge in [0, 0.05) is 44.9 Å². The maximum Gasteiger partial charge on any atom is 0.191 e. The van der Waals surface area contributed by atoms with Gasteiger partial charge < -0.3 is 41.4 Å². The van der Waals surface area contributed by atoms with Crippen molar-refractivity contribution < 1.29 is 41.4 Å². The molecule has 9 nitrogen and oxygen atoms in total. The smallest absolute Gasteiger partial charge is 0.191 e. The summed E-state index contributed by atoms with van der Waals surface area (Å²) >= 11 is 0. The molecule has 0 rings (SSSR count). The average molecular weight is 1020 g/mol. The molecule has 67 heavy (non-hydrogen) atoms. The zero-order chi connectivity index (χ0) is 53.2. The summed E-state index contributed by atoms with van der Waals surface area (Å²) in [6, 6.07) is 0. The van der Waals surface area contributed by atoms with Gasteiger partial charge in [-0.3, -0.25) is 0 Å². The Kier molecular flexibility index (Phi) is 25.8. The second-order valence-corrected chi connectivity index (χ2v) is 48.1. The molecule has 13 heteroatoms. The van der Waals surface area contributed by atoms with Gasteiger partial charge in [-0.1, -0.05) is 96.9 Å². The molecule has 0 aromatic rings. The summed E-state index contributed by atoms with van der Waals surface area (Å²) in [5.41, 5.74) is -1.79. The lowest BCUT2D eigenvalue weighted by molar-refractivity contribution is -0.147. The molecule has 0 saturated heterocycles. The molecule has 0 aliphatic carbocycles. The van der Waals surface area contributed by atoms with Crippen LogP contribution < -0.4 is 0 Å². The zero-order valence-corrected chi connectivity index (χ0v) is 54.5. The van der Waals surface area contributed by atoms with Crippen molar-refractivity contribution in [1.82, 2.24) is 0 Å². The summed E-state index contributed by atoms with van der Waals surface area (Å²) in [5.74, 6) is 0.711. The third-order valence-corrected chi connectivity index (χ3v) is 34.5. The highest BCUT2D eigenvalue weighted by molar-refractivity contribution is 6.75. The van der Waals surface area contributed by atoms with Crippen LogP contribution >= 0.6 is 0 Å². The van der Waals surface area contributed by atoms with Crippen molar-refractivity contribution in [2.45, 2.75) is 273 Å². The van der Waals surface area contributed by atoms with E-state index >= 15 is 0 Å². The Morgan fingerprint density at radius 2 is 0.597 bits per heavy atom. The van der Waals surface area contributed by atoms with Crippen LogP contribution in [0.5, 0.6) is 0 Å². The summed E-state index contributed by atoms with van der Waals surface area (Å²) in [4.78, 5) is 0. The predicted octanol–water partition coefficient (Wildman–Crippen LogP) is 15.7. The van der Waals surface area contributed by atoms with E-state index in [-0.39, 0.29) is 38.1 Å². The normalized spacial score (nSPS) is 15.3. The summed E-state index contributed by atoms with van der Waals surface area (Å²) in [7, 11) is -7.90. The van der Waals surface area contributed by atoms with E-state index in [0.29, 0.717) is 65.4 Å². The maximum atomic E-state index is 6.83. The lowest BCUT2D eigenvalue weighted by Gasteiger charge is -2.43. The van der Waals surface area contributed by atoms with Crippen LogP contribution in [0.3, 0.4) is 0 Å². The maximum absolute atomic E-state index is 6.83. The van der Waals surface area contributed by atoms with E-state index in [9.17, 15) is 0 Å². The minimum atomic E-state index is -1.98. The van der Waals surface area contributed by atoms with Gasteiger partial charge in [0.05, 0.1) is 48.8 Å². The van der Waals surface area contributed by atoms with Crippen LogP contribution in [0.25, 0.3) is 0 Å². The van der Waals surface area contributed by atoms with Gasteiger partial charge >= 0.3 is 0 Å². The topological polar surface area (TPSA) is 83.1 Å². The second-order valence-electron chi connectivity index (χ2n) is 28.9. The van der Waals surface area contributed by atoms with E-state index in [1.165, 1.54) is 0 Å².